The summed E-state index contributed by atoms with van der Waals surface area (Å²) in [6.45, 7) is 5.50. The van der Waals surface area contributed by atoms with Gasteiger partial charge in [-0.1, -0.05) is 18.5 Å². The Morgan fingerprint density at radius 2 is 2.22 bits per heavy atom. The summed E-state index contributed by atoms with van der Waals surface area (Å²) in [4.78, 5) is 10.7. The van der Waals surface area contributed by atoms with Crippen LogP contribution in [0.2, 0.25) is 5.02 Å². The smallest absolute Gasteiger partial charge is 0.151 e. The van der Waals surface area contributed by atoms with Crippen LogP contribution in [0.5, 0.6) is 0 Å². The summed E-state index contributed by atoms with van der Waals surface area (Å²) in [7, 11) is 0. The summed E-state index contributed by atoms with van der Waals surface area (Å²) in [5, 5.41) is 5.21. The van der Waals surface area contributed by atoms with Gasteiger partial charge in [0.05, 0.1) is 23.0 Å². The van der Waals surface area contributed by atoms with Crippen molar-refractivity contribution in [1.29, 1.82) is 0 Å². The number of aldehydes is 1. The lowest BCUT2D eigenvalue weighted by Crippen LogP contribution is -2.07. The molecule has 0 aromatic carbocycles. The van der Waals surface area contributed by atoms with Crippen molar-refractivity contribution < 1.29 is 4.79 Å². The third-order valence-corrected chi connectivity index (χ3v) is 3.37. The highest BCUT2D eigenvalue weighted by molar-refractivity contribution is 6.31. The molecule has 0 unspecified atom stereocenters. The maximum atomic E-state index is 10.7. The molecule has 96 valence electrons. The summed E-state index contributed by atoms with van der Waals surface area (Å²) >= 11 is 6.33. The van der Waals surface area contributed by atoms with Crippen LogP contribution in [0, 0.1) is 0 Å². The molecule has 0 aliphatic rings. The van der Waals surface area contributed by atoms with E-state index in [4.69, 9.17) is 11.6 Å². The summed E-state index contributed by atoms with van der Waals surface area (Å²) in [5.74, 6) is 0. The van der Waals surface area contributed by atoms with E-state index in [9.17, 15) is 4.79 Å². The minimum Gasteiger partial charge on any atom is -0.348 e. The van der Waals surface area contributed by atoms with E-state index in [1.807, 2.05) is 35.5 Å². The Kier molecular flexibility index (Phi) is 3.87. The van der Waals surface area contributed by atoms with Gasteiger partial charge < -0.3 is 4.57 Å². The fourth-order valence-electron chi connectivity index (χ4n) is 1.97. The Balaban J connectivity index is 2.32. The van der Waals surface area contributed by atoms with Crippen LogP contribution in [0.3, 0.4) is 0 Å². The largest absolute Gasteiger partial charge is 0.348 e. The molecule has 18 heavy (non-hydrogen) atoms. The average Bonchev–Trinajstić information content (AvgIpc) is 2.96. The lowest BCUT2D eigenvalue weighted by atomic mass is 10.3. The number of hydrogen-bond donors (Lipinski definition) is 0. The van der Waals surface area contributed by atoms with Gasteiger partial charge in [0.2, 0.25) is 0 Å². The van der Waals surface area contributed by atoms with Crippen LogP contribution in [0.25, 0.3) is 0 Å². The van der Waals surface area contributed by atoms with Crippen LogP contribution in [-0.4, -0.2) is 20.6 Å². The highest BCUT2D eigenvalue weighted by Crippen LogP contribution is 2.22. The molecule has 0 fully saturated rings. The fraction of sp³-hybridized carbons (Fsp3) is 0.385. The molecule has 0 saturated heterocycles. The predicted molar refractivity (Wildman–Crippen MR) is 71.2 cm³/mol. The van der Waals surface area contributed by atoms with Gasteiger partial charge >= 0.3 is 0 Å². The quantitative estimate of drug-likeness (QED) is 0.780. The summed E-state index contributed by atoms with van der Waals surface area (Å²) in [5.41, 5.74) is 2.59. The molecule has 4 nitrogen and oxygen atoms in total. The van der Waals surface area contributed by atoms with E-state index in [1.165, 1.54) is 0 Å². The summed E-state index contributed by atoms with van der Waals surface area (Å²) in [6, 6.07) is 1.79. The maximum absolute atomic E-state index is 10.7. The number of nitrogens with zero attached hydrogens (tertiary/aromatic N) is 3. The van der Waals surface area contributed by atoms with Crippen molar-refractivity contribution in [3.8, 4) is 0 Å². The van der Waals surface area contributed by atoms with E-state index in [0.717, 1.165) is 35.7 Å². The molecule has 2 rings (SSSR count). The van der Waals surface area contributed by atoms with Crippen molar-refractivity contribution >= 4 is 17.9 Å². The van der Waals surface area contributed by atoms with Gasteiger partial charge in [-0.2, -0.15) is 5.10 Å². The topological polar surface area (TPSA) is 39.8 Å². The number of carbonyl (C=O) groups excluding carboxylic acids is 1. The summed E-state index contributed by atoms with van der Waals surface area (Å²) < 4.78 is 3.86. The number of halogens is 1. The molecule has 0 N–H and O–H groups in total. The van der Waals surface area contributed by atoms with Crippen molar-refractivity contribution in [1.82, 2.24) is 14.3 Å². The van der Waals surface area contributed by atoms with E-state index in [-0.39, 0.29) is 0 Å². The zero-order chi connectivity index (χ0) is 13.1. The zero-order valence-corrected chi connectivity index (χ0v) is 11.3. The van der Waals surface area contributed by atoms with Crippen molar-refractivity contribution in [2.75, 3.05) is 0 Å². The first-order chi connectivity index (χ1) is 8.69. The Bertz CT molecular complexity index is 557. The molecule has 2 aromatic heterocycles. The van der Waals surface area contributed by atoms with Gasteiger partial charge in [-0.15, -0.1) is 0 Å². The molecule has 0 bridgehead atoms. The highest BCUT2D eigenvalue weighted by Gasteiger charge is 2.14. The van der Waals surface area contributed by atoms with Gasteiger partial charge in [0, 0.05) is 24.5 Å². The third kappa shape index (κ3) is 2.34. The van der Waals surface area contributed by atoms with Crippen LogP contribution in [-0.2, 0) is 19.5 Å². The van der Waals surface area contributed by atoms with E-state index in [2.05, 4.69) is 5.10 Å². The molecule has 2 heterocycles. The second kappa shape index (κ2) is 5.40. The second-order valence-electron chi connectivity index (χ2n) is 4.11. The molecule has 0 aliphatic heterocycles. The van der Waals surface area contributed by atoms with E-state index < -0.39 is 0 Å². The van der Waals surface area contributed by atoms with Gasteiger partial charge in [-0.25, -0.2) is 0 Å². The Hall–Kier alpha value is -1.55. The number of aromatic nitrogens is 3. The lowest BCUT2D eigenvalue weighted by Gasteiger charge is -2.06. The average molecular weight is 266 g/mol. The van der Waals surface area contributed by atoms with Crippen LogP contribution < -0.4 is 0 Å². The number of rotatable bonds is 5. The molecule has 0 aliphatic carbocycles. The number of aryl methyl sites for hydroxylation is 2. The highest BCUT2D eigenvalue weighted by atomic mass is 35.5. The lowest BCUT2D eigenvalue weighted by molar-refractivity contribution is 0.112. The molecule has 2 aromatic rings. The van der Waals surface area contributed by atoms with E-state index in [1.54, 1.807) is 6.07 Å². The van der Waals surface area contributed by atoms with Gasteiger partial charge in [0.1, 0.15) is 0 Å². The number of hydrogen-bond acceptors (Lipinski definition) is 2. The van der Waals surface area contributed by atoms with E-state index >= 15 is 0 Å². The van der Waals surface area contributed by atoms with Gasteiger partial charge in [-0.05, 0) is 19.4 Å². The first-order valence-corrected chi connectivity index (χ1v) is 6.42. The number of carbonyl (C=O) groups is 1. The normalized spacial score (nSPS) is 10.8. The van der Waals surface area contributed by atoms with Crippen LogP contribution >= 0.6 is 11.6 Å². The van der Waals surface area contributed by atoms with Crippen molar-refractivity contribution in [2.45, 2.75) is 33.4 Å². The van der Waals surface area contributed by atoms with Crippen LogP contribution in [0.15, 0.2) is 18.5 Å². The minimum absolute atomic E-state index is 0.632. The van der Waals surface area contributed by atoms with Crippen molar-refractivity contribution in [3.05, 3.63) is 40.4 Å². The standard InChI is InChI=1S/C13H16ClN3O/c1-3-11-13(14)12(17(4-2)15-11)8-16-6-5-10(7-16)9-18/h5-7,9H,3-4,8H2,1-2H3. The fourth-order valence-corrected chi connectivity index (χ4v) is 2.30. The molecule has 0 spiro atoms. The van der Waals surface area contributed by atoms with Gasteiger partial charge in [0.25, 0.3) is 0 Å². The molecule has 0 saturated carbocycles. The van der Waals surface area contributed by atoms with Crippen LogP contribution in [0.4, 0.5) is 0 Å². The van der Waals surface area contributed by atoms with Crippen molar-refractivity contribution in [3.63, 3.8) is 0 Å². The first-order valence-electron chi connectivity index (χ1n) is 6.04. The molecular formula is C13H16ClN3O. The van der Waals surface area contributed by atoms with Crippen molar-refractivity contribution in [2.24, 2.45) is 0 Å². The molecule has 5 heteroatoms. The Morgan fingerprint density at radius 1 is 1.44 bits per heavy atom. The predicted octanol–water partition coefficient (Wildman–Crippen LogP) is 2.78. The monoisotopic (exact) mass is 265 g/mol. The SMILES string of the molecule is CCc1nn(CC)c(Cn2ccc(C=O)c2)c1Cl. The second-order valence-corrected chi connectivity index (χ2v) is 4.49. The molecule has 0 radical (unpaired) electrons. The van der Waals surface area contributed by atoms with Crippen LogP contribution in [0.1, 0.15) is 35.6 Å². The van der Waals surface area contributed by atoms with E-state index in [0.29, 0.717) is 12.1 Å². The Morgan fingerprint density at radius 3 is 2.78 bits per heavy atom. The zero-order valence-electron chi connectivity index (χ0n) is 10.6. The first kappa shape index (κ1) is 12.9. The molecule has 0 amide bonds. The summed E-state index contributed by atoms with van der Waals surface area (Å²) in [6.07, 6.45) is 5.34. The maximum Gasteiger partial charge on any atom is 0.151 e. The molecule has 0 atom stereocenters. The molecular weight excluding hydrogens is 250 g/mol. The minimum atomic E-state index is 0.632. The third-order valence-electron chi connectivity index (χ3n) is 2.94. The Labute approximate surface area is 111 Å². The van der Waals surface area contributed by atoms with Gasteiger partial charge in [-0.3, -0.25) is 9.48 Å². The van der Waals surface area contributed by atoms with Gasteiger partial charge in [0.15, 0.2) is 6.29 Å².